The van der Waals surface area contributed by atoms with Crippen LogP contribution in [0, 0.1) is 17.8 Å². The number of hydrogen-bond donors (Lipinski definition) is 2. The minimum Gasteiger partial charge on any atom is -0.352 e. The lowest BCUT2D eigenvalue weighted by atomic mass is 9.85. The Labute approximate surface area is 118 Å². The van der Waals surface area contributed by atoms with Crippen molar-refractivity contribution in [2.45, 2.75) is 65.8 Å². The van der Waals surface area contributed by atoms with Crippen molar-refractivity contribution in [3.8, 4) is 0 Å². The van der Waals surface area contributed by atoms with Crippen molar-refractivity contribution in [2.75, 3.05) is 13.1 Å². The van der Waals surface area contributed by atoms with Gasteiger partial charge in [0.1, 0.15) is 0 Å². The maximum atomic E-state index is 11.9. The molecule has 3 nitrogen and oxygen atoms in total. The van der Waals surface area contributed by atoms with Crippen LogP contribution in [0.4, 0.5) is 0 Å². The molecule has 0 unspecified atom stereocenters. The first-order valence-electron chi connectivity index (χ1n) is 8.00. The molecule has 19 heavy (non-hydrogen) atoms. The fourth-order valence-electron chi connectivity index (χ4n) is 3.12. The molecule has 0 heterocycles. The van der Waals surface area contributed by atoms with Gasteiger partial charge in [0.2, 0.25) is 5.91 Å². The van der Waals surface area contributed by atoms with E-state index in [9.17, 15) is 4.79 Å². The quantitative estimate of drug-likeness (QED) is 0.745. The van der Waals surface area contributed by atoms with Crippen molar-refractivity contribution in [2.24, 2.45) is 17.8 Å². The lowest BCUT2D eigenvalue weighted by molar-refractivity contribution is -0.121. The van der Waals surface area contributed by atoms with Crippen LogP contribution in [-0.4, -0.2) is 25.0 Å². The van der Waals surface area contributed by atoms with Crippen LogP contribution in [0.3, 0.4) is 0 Å². The third kappa shape index (κ3) is 6.42. The van der Waals surface area contributed by atoms with Crippen LogP contribution in [0.15, 0.2) is 0 Å². The van der Waals surface area contributed by atoms with Crippen LogP contribution in [0.5, 0.6) is 0 Å². The summed E-state index contributed by atoms with van der Waals surface area (Å²) in [6, 6.07) is 0.425. The SMILES string of the molecule is CC(C)C(CNCC(=O)NC1CCCCC1)C(C)C. The number of nitrogens with one attached hydrogen (secondary N) is 2. The monoisotopic (exact) mass is 268 g/mol. The second-order valence-electron chi connectivity index (χ2n) is 6.69. The summed E-state index contributed by atoms with van der Waals surface area (Å²) in [6.45, 7) is 10.4. The van der Waals surface area contributed by atoms with Gasteiger partial charge in [0.25, 0.3) is 0 Å². The van der Waals surface area contributed by atoms with Crippen LogP contribution in [0.2, 0.25) is 0 Å². The van der Waals surface area contributed by atoms with E-state index in [1.807, 2.05) is 0 Å². The molecule has 1 amide bonds. The molecular formula is C16H32N2O. The third-order valence-electron chi connectivity index (χ3n) is 4.35. The Kier molecular flexibility index (Phi) is 7.44. The van der Waals surface area contributed by atoms with E-state index in [-0.39, 0.29) is 5.91 Å². The van der Waals surface area contributed by atoms with Gasteiger partial charge in [-0.2, -0.15) is 0 Å². The van der Waals surface area contributed by atoms with Gasteiger partial charge in [-0.25, -0.2) is 0 Å². The van der Waals surface area contributed by atoms with Crippen molar-refractivity contribution in [1.82, 2.24) is 10.6 Å². The molecule has 2 N–H and O–H groups in total. The lowest BCUT2D eigenvalue weighted by Gasteiger charge is -2.26. The number of rotatable bonds is 7. The van der Waals surface area contributed by atoms with Gasteiger partial charge in [0, 0.05) is 6.04 Å². The van der Waals surface area contributed by atoms with Gasteiger partial charge in [-0.1, -0.05) is 47.0 Å². The first kappa shape index (κ1) is 16.5. The number of hydrogen-bond acceptors (Lipinski definition) is 2. The zero-order chi connectivity index (χ0) is 14.3. The van der Waals surface area contributed by atoms with E-state index >= 15 is 0 Å². The summed E-state index contributed by atoms with van der Waals surface area (Å²) in [4.78, 5) is 11.9. The van der Waals surface area contributed by atoms with Crippen molar-refractivity contribution < 1.29 is 4.79 Å². The van der Waals surface area contributed by atoms with E-state index in [1.54, 1.807) is 0 Å². The summed E-state index contributed by atoms with van der Waals surface area (Å²) in [6.07, 6.45) is 6.18. The van der Waals surface area contributed by atoms with Crippen LogP contribution in [-0.2, 0) is 4.79 Å². The minimum absolute atomic E-state index is 0.165. The Balaban J connectivity index is 2.18. The highest BCUT2D eigenvalue weighted by molar-refractivity contribution is 5.78. The van der Waals surface area contributed by atoms with E-state index < -0.39 is 0 Å². The molecule has 1 fully saturated rings. The molecule has 1 saturated carbocycles. The van der Waals surface area contributed by atoms with Gasteiger partial charge >= 0.3 is 0 Å². The Morgan fingerprint density at radius 1 is 1.05 bits per heavy atom. The maximum Gasteiger partial charge on any atom is 0.234 e. The number of carbonyl (C=O) groups excluding carboxylic acids is 1. The summed E-state index contributed by atoms with van der Waals surface area (Å²) in [5, 5.41) is 6.48. The lowest BCUT2D eigenvalue weighted by Crippen LogP contribution is -2.42. The van der Waals surface area contributed by atoms with Crippen LogP contribution in [0.1, 0.15) is 59.8 Å². The average Bonchev–Trinajstić information content (AvgIpc) is 2.34. The number of carbonyl (C=O) groups is 1. The van der Waals surface area contributed by atoms with Crippen molar-refractivity contribution in [3.05, 3.63) is 0 Å². The molecule has 0 aromatic rings. The Morgan fingerprint density at radius 3 is 2.16 bits per heavy atom. The zero-order valence-corrected chi connectivity index (χ0v) is 13.2. The minimum atomic E-state index is 0.165. The highest BCUT2D eigenvalue weighted by Crippen LogP contribution is 2.19. The molecule has 0 aliphatic heterocycles. The van der Waals surface area contributed by atoms with Crippen molar-refractivity contribution in [3.63, 3.8) is 0 Å². The second kappa shape index (κ2) is 8.57. The third-order valence-corrected chi connectivity index (χ3v) is 4.35. The highest BCUT2D eigenvalue weighted by atomic mass is 16.1. The molecule has 1 aliphatic carbocycles. The van der Waals surface area contributed by atoms with Crippen molar-refractivity contribution in [1.29, 1.82) is 0 Å². The summed E-state index contributed by atoms with van der Waals surface area (Å²) in [5.74, 6) is 2.13. The van der Waals surface area contributed by atoms with Crippen LogP contribution < -0.4 is 10.6 Å². The van der Waals surface area contributed by atoms with Gasteiger partial charge in [0.05, 0.1) is 6.54 Å². The van der Waals surface area contributed by atoms with E-state index in [1.165, 1.54) is 19.3 Å². The fraction of sp³-hybridized carbons (Fsp3) is 0.938. The normalized spacial score (nSPS) is 17.4. The van der Waals surface area contributed by atoms with Gasteiger partial charge in [0.15, 0.2) is 0 Å². The summed E-state index contributed by atoms with van der Waals surface area (Å²) in [5.41, 5.74) is 0. The molecular weight excluding hydrogens is 236 g/mol. The molecule has 0 spiro atoms. The summed E-state index contributed by atoms with van der Waals surface area (Å²) in [7, 11) is 0. The molecule has 0 atom stereocenters. The predicted octanol–water partition coefficient (Wildman–Crippen LogP) is 2.95. The van der Waals surface area contributed by atoms with Gasteiger partial charge in [-0.05, 0) is 37.1 Å². The fourth-order valence-corrected chi connectivity index (χ4v) is 3.12. The first-order valence-corrected chi connectivity index (χ1v) is 8.00. The number of amides is 1. The van der Waals surface area contributed by atoms with E-state index in [0.717, 1.165) is 19.4 Å². The smallest absolute Gasteiger partial charge is 0.234 e. The topological polar surface area (TPSA) is 41.1 Å². The molecule has 0 aromatic heterocycles. The van der Waals surface area contributed by atoms with E-state index in [2.05, 4.69) is 38.3 Å². The molecule has 0 saturated heterocycles. The Morgan fingerprint density at radius 2 is 1.63 bits per heavy atom. The molecule has 0 aromatic carbocycles. The summed E-state index contributed by atoms with van der Waals surface area (Å²) >= 11 is 0. The van der Waals surface area contributed by atoms with Crippen molar-refractivity contribution >= 4 is 5.91 Å². The van der Waals surface area contributed by atoms with Crippen LogP contribution >= 0.6 is 0 Å². The average molecular weight is 268 g/mol. The van der Waals surface area contributed by atoms with E-state index in [4.69, 9.17) is 0 Å². The van der Waals surface area contributed by atoms with Gasteiger partial charge in [-0.15, -0.1) is 0 Å². The highest BCUT2D eigenvalue weighted by Gasteiger charge is 2.18. The Hall–Kier alpha value is -0.570. The zero-order valence-electron chi connectivity index (χ0n) is 13.2. The van der Waals surface area contributed by atoms with Gasteiger partial charge in [-0.3, -0.25) is 4.79 Å². The predicted molar refractivity (Wildman–Crippen MR) is 81.1 cm³/mol. The largest absolute Gasteiger partial charge is 0.352 e. The maximum absolute atomic E-state index is 11.9. The second-order valence-corrected chi connectivity index (χ2v) is 6.69. The Bertz CT molecular complexity index is 249. The molecule has 0 bridgehead atoms. The molecule has 112 valence electrons. The molecule has 1 aliphatic rings. The molecule has 0 radical (unpaired) electrons. The molecule has 1 rings (SSSR count). The van der Waals surface area contributed by atoms with Crippen LogP contribution in [0.25, 0.3) is 0 Å². The van der Waals surface area contributed by atoms with Gasteiger partial charge < -0.3 is 10.6 Å². The first-order chi connectivity index (χ1) is 9.00. The molecule has 3 heteroatoms. The standard InChI is InChI=1S/C16H32N2O/c1-12(2)15(13(3)4)10-17-11-16(19)18-14-8-6-5-7-9-14/h12-15,17H,5-11H2,1-4H3,(H,18,19). The van der Waals surface area contributed by atoms with E-state index in [0.29, 0.717) is 30.3 Å². The summed E-state index contributed by atoms with van der Waals surface area (Å²) < 4.78 is 0.